The number of methoxy groups -OCH3 is 1. The van der Waals surface area contributed by atoms with Crippen molar-refractivity contribution in [3.63, 3.8) is 0 Å². The number of benzene rings is 2. The zero-order chi connectivity index (χ0) is 17.3. The number of anilines is 1. The molecule has 0 spiro atoms. The van der Waals surface area contributed by atoms with E-state index in [1.54, 1.807) is 42.5 Å². The minimum absolute atomic E-state index is 0.0387. The summed E-state index contributed by atoms with van der Waals surface area (Å²) in [5.74, 6) is -0.118. The Balaban J connectivity index is 1.90. The number of aromatic hydroxyl groups is 1. The first kappa shape index (κ1) is 16.4. The van der Waals surface area contributed by atoms with Gasteiger partial charge in [0.25, 0.3) is 11.1 Å². The molecule has 1 aliphatic rings. The highest BCUT2D eigenvalue weighted by atomic mass is 35.5. The maximum atomic E-state index is 12.5. The van der Waals surface area contributed by atoms with E-state index < -0.39 is 5.91 Å². The van der Waals surface area contributed by atoms with Gasteiger partial charge in [0.15, 0.2) is 11.5 Å². The average Bonchev–Trinajstić information content (AvgIpc) is 2.83. The van der Waals surface area contributed by atoms with E-state index in [1.807, 2.05) is 0 Å². The van der Waals surface area contributed by atoms with Crippen molar-refractivity contribution >= 4 is 46.3 Å². The van der Waals surface area contributed by atoms with Gasteiger partial charge in [-0.15, -0.1) is 0 Å². The highest BCUT2D eigenvalue weighted by Crippen LogP contribution is 2.37. The number of hydrogen-bond donors (Lipinski definition) is 1. The summed E-state index contributed by atoms with van der Waals surface area (Å²) in [5.41, 5.74) is 1.05. The molecule has 7 heteroatoms. The predicted molar refractivity (Wildman–Crippen MR) is 94.6 cm³/mol. The summed E-state index contributed by atoms with van der Waals surface area (Å²) >= 11 is 6.67. The second kappa shape index (κ2) is 6.59. The highest BCUT2D eigenvalue weighted by molar-refractivity contribution is 8.19. The highest BCUT2D eigenvalue weighted by Gasteiger charge is 2.36. The molecule has 1 heterocycles. The number of rotatable bonds is 3. The van der Waals surface area contributed by atoms with Gasteiger partial charge in [-0.3, -0.25) is 9.59 Å². The zero-order valence-corrected chi connectivity index (χ0v) is 14.1. The molecule has 0 bridgehead atoms. The van der Waals surface area contributed by atoms with Gasteiger partial charge < -0.3 is 9.84 Å². The van der Waals surface area contributed by atoms with Crippen LogP contribution in [0.3, 0.4) is 0 Å². The van der Waals surface area contributed by atoms with Crippen LogP contribution in [-0.4, -0.2) is 23.4 Å². The molecule has 0 saturated carbocycles. The quantitative estimate of drug-likeness (QED) is 0.826. The molecule has 1 aliphatic heterocycles. The summed E-state index contributed by atoms with van der Waals surface area (Å²) in [6, 6.07) is 11.2. The Labute approximate surface area is 147 Å². The topological polar surface area (TPSA) is 66.8 Å². The van der Waals surface area contributed by atoms with E-state index in [2.05, 4.69) is 0 Å². The molecule has 1 fully saturated rings. The first-order valence-corrected chi connectivity index (χ1v) is 8.09. The molecule has 2 aromatic rings. The van der Waals surface area contributed by atoms with Crippen molar-refractivity contribution in [2.24, 2.45) is 0 Å². The van der Waals surface area contributed by atoms with Crippen LogP contribution in [0.25, 0.3) is 6.08 Å². The van der Waals surface area contributed by atoms with Gasteiger partial charge in [-0.05, 0) is 59.8 Å². The van der Waals surface area contributed by atoms with Crippen LogP contribution >= 0.6 is 23.4 Å². The SMILES string of the molecule is COc1ccc(/C=C2/SC(=O)N(c3ccc(Cl)cc3)C2=O)cc1O. The lowest BCUT2D eigenvalue weighted by Gasteiger charge is -2.12. The van der Waals surface area contributed by atoms with Crippen LogP contribution in [0.4, 0.5) is 10.5 Å². The van der Waals surface area contributed by atoms with Gasteiger partial charge in [-0.25, -0.2) is 4.90 Å². The van der Waals surface area contributed by atoms with Gasteiger partial charge in [-0.1, -0.05) is 17.7 Å². The van der Waals surface area contributed by atoms with Crippen molar-refractivity contribution in [1.29, 1.82) is 0 Å². The summed E-state index contributed by atoms with van der Waals surface area (Å²) in [4.78, 5) is 26.0. The van der Waals surface area contributed by atoms with Crippen molar-refractivity contribution in [1.82, 2.24) is 0 Å². The number of nitrogens with zero attached hydrogens (tertiary/aromatic N) is 1. The Kier molecular flexibility index (Phi) is 4.51. The first-order valence-electron chi connectivity index (χ1n) is 6.90. The molecule has 24 heavy (non-hydrogen) atoms. The predicted octanol–water partition coefficient (Wildman–Crippen LogP) is 4.30. The first-order chi connectivity index (χ1) is 11.5. The summed E-state index contributed by atoms with van der Waals surface area (Å²) in [6.45, 7) is 0. The second-order valence-electron chi connectivity index (χ2n) is 4.92. The molecule has 1 N–H and O–H groups in total. The van der Waals surface area contributed by atoms with Crippen molar-refractivity contribution in [3.8, 4) is 11.5 Å². The monoisotopic (exact) mass is 361 g/mol. The normalized spacial score (nSPS) is 16.1. The molecule has 2 amide bonds. The number of halogens is 1. The van der Waals surface area contributed by atoms with Crippen molar-refractivity contribution in [2.75, 3.05) is 12.0 Å². The maximum Gasteiger partial charge on any atom is 0.298 e. The molecular formula is C17H12ClNO4S. The van der Waals surface area contributed by atoms with E-state index in [0.29, 0.717) is 22.0 Å². The number of thioether (sulfide) groups is 1. The van der Waals surface area contributed by atoms with Crippen LogP contribution in [0.2, 0.25) is 5.02 Å². The average molecular weight is 362 g/mol. The summed E-state index contributed by atoms with van der Waals surface area (Å²) in [6.07, 6.45) is 1.56. The number of imide groups is 1. The van der Waals surface area contributed by atoms with Crippen LogP contribution in [0.5, 0.6) is 11.5 Å². The molecule has 0 aliphatic carbocycles. The molecule has 122 valence electrons. The Morgan fingerprint density at radius 3 is 2.50 bits per heavy atom. The van der Waals surface area contributed by atoms with Crippen molar-refractivity contribution in [3.05, 3.63) is 58.0 Å². The molecule has 3 rings (SSSR count). The van der Waals surface area contributed by atoms with Gasteiger partial charge in [0, 0.05) is 5.02 Å². The van der Waals surface area contributed by atoms with Crippen molar-refractivity contribution in [2.45, 2.75) is 0 Å². The van der Waals surface area contributed by atoms with E-state index in [4.69, 9.17) is 16.3 Å². The number of carbonyl (C=O) groups excluding carboxylic acids is 2. The fourth-order valence-corrected chi connectivity index (χ4v) is 3.20. The van der Waals surface area contributed by atoms with E-state index in [-0.39, 0.29) is 15.9 Å². The third-order valence-electron chi connectivity index (χ3n) is 3.38. The molecule has 0 aromatic heterocycles. The summed E-state index contributed by atoms with van der Waals surface area (Å²) < 4.78 is 4.98. The van der Waals surface area contributed by atoms with E-state index in [1.165, 1.54) is 13.2 Å². The van der Waals surface area contributed by atoms with Gasteiger partial charge in [0.1, 0.15) is 0 Å². The van der Waals surface area contributed by atoms with Gasteiger partial charge in [0.2, 0.25) is 0 Å². The number of hydrogen-bond acceptors (Lipinski definition) is 5. The lowest BCUT2D eigenvalue weighted by molar-refractivity contribution is -0.113. The maximum absolute atomic E-state index is 12.5. The fraction of sp³-hybridized carbons (Fsp3) is 0.0588. The van der Waals surface area contributed by atoms with Gasteiger partial charge >= 0.3 is 0 Å². The number of phenols is 1. The van der Waals surface area contributed by atoms with Crippen LogP contribution < -0.4 is 9.64 Å². The number of ether oxygens (including phenoxy) is 1. The molecule has 5 nitrogen and oxygen atoms in total. The van der Waals surface area contributed by atoms with Crippen LogP contribution in [-0.2, 0) is 4.79 Å². The van der Waals surface area contributed by atoms with E-state index in [9.17, 15) is 14.7 Å². The third kappa shape index (κ3) is 3.11. The Morgan fingerprint density at radius 1 is 1.17 bits per heavy atom. The Hall–Kier alpha value is -2.44. The lowest BCUT2D eigenvalue weighted by atomic mass is 10.2. The van der Waals surface area contributed by atoms with Crippen LogP contribution in [0.1, 0.15) is 5.56 Å². The minimum atomic E-state index is -0.414. The molecule has 0 radical (unpaired) electrons. The molecule has 0 atom stereocenters. The van der Waals surface area contributed by atoms with E-state index >= 15 is 0 Å². The number of phenolic OH excluding ortho intramolecular Hbond substituents is 1. The molecule has 1 saturated heterocycles. The Morgan fingerprint density at radius 2 is 1.88 bits per heavy atom. The Bertz CT molecular complexity index is 848. The second-order valence-corrected chi connectivity index (χ2v) is 6.35. The molecule has 2 aromatic carbocycles. The third-order valence-corrected chi connectivity index (χ3v) is 4.50. The largest absolute Gasteiger partial charge is 0.504 e. The fourth-order valence-electron chi connectivity index (χ4n) is 2.23. The van der Waals surface area contributed by atoms with Gasteiger partial charge in [-0.2, -0.15) is 0 Å². The minimum Gasteiger partial charge on any atom is -0.504 e. The zero-order valence-electron chi connectivity index (χ0n) is 12.5. The van der Waals surface area contributed by atoms with Crippen molar-refractivity contribution < 1.29 is 19.4 Å². The smallest absolute Gasteiger partial charge is 0.298 e. The number of carbonyl (C=O) groups is 2. The summed E-state index contributed by atoms with van der Waals surface area (Å²) in [7, 11) is 1.45. The lowest BCUT2D eigenvalue weighted by Crippen LogP contribution is -2.27. The number of amides is 2. The molecular weight excluding hydrogens is 350 g/mol. The standard InChI is InChI=1S/C17H12ClNO4S/c1-23-14-7-2-10(8-13(14)20)9-15-16(21)19(17(22)24-15)12-5-3-11(18)4-6-12/h2-9,20H,1H3/b15-9+. The summed E-state index contributed by atoms with van der Waals surface area (Å²) in [5, 5.41) is 9.94. The van der Waals surface area contributed by atoms with E-state index in [0.717, 1.165) is 16.7 Å². The van der Waals surface area contributed by atoms with Crippen LogP contribution in [0.15, 0.2) is 47.4 Å². The van der Waals surface area contributed by atoms with Gasteiger partial charge in [0.05, 0.1) is 17.7 Å². The molecule has 0 unspecified atom stereocenters. The van der Waals surface area contributed by atoms with Crippen LogP contribution in [0, 0.1) is 0 Å².